The molecule has 1 heterocycles. The van der Waals surface area contributed by atoms with Crippen molar-refractivity contribution < 1.29 is 14.3 Å². The van der Waals surface area contributed by atoms with Gasteiger partial charge >= 0.3 is 0 Å². The average Bonchev–Trinajstić information content (AvgIpc) is 3.07. The first kappa shape index (κ1) is 21.0. The van der Waals surface area contributed by atoms with Crippen LogP contribution >= 0.6 is 0 Å². The summed E-state index contributed by atoms with van der Waals surface area (Å²) < 4.78 is 13.0. The van der Waals surface area contributed by atoms with Crippen LogP contribution in [0.1, 0.15) is 42.5 Å². The number of nitrogens with one attached hydrogen (secondary N) is 1. The molecule has 2 aromatic carbocycles. The number of imidazole rings is 1. The number of hydrogen-bond acceptors (Lipinski definition) is 4. The predicted molar refractivity (Wildman–Crippen MR) is 115 cm³/mol. The molecule has 0 bridgehead atoms. The SMILES string of the molecule is CCOC(CNC(=O)c1ccc2c(c1)nc(C)n2-c1ccc(CC)cc1)OCC. The quantitative estimate of drug-likeness (QED) is 0.556. The van der Waals surface area contributed by atoms with Crippen LogP contribution in [0.15, 0.2) is 42.5 Å². The summed E-state index contributed by atoms with van der Waals surface area (Å²) in [6.07, 6.45) is 0.570. The Balaban J connectivity index is 1.81. The van der Waals surface area contributed by atoms with Crippen LogP contribution in [0.3, 0.4) is 0 Å². The molecule has 0 atom stereocenters. The van der Waals surface area contributed by atoms with Gasteiger partial charge in [0.25, 0.3) is 5.91 Å². The lowest BCUT2D eigenvalue weighted by Gasteiger charge is -2.17. The maximum Gasteiger partial charge on any atom is 0.251 e. The number of hydrogen-bond donors (Lipinski definition) is 1. The van der Waals surface area contributed by atoms with Crippen molar-refractivity contribution in [3.05, 3.63) is 59.4 Å². The number of ether oxygens (including phenoxy) is 2. The van der Waals surface area contributed by atoms with E-state index in [1.807, 2.05) is 39.0 Å². The van der Waals surface area contributed by atoms with Crippen molar-refractivity contribution in [3.8, 4) is 5.69 Å². The van der Waals surface area contributed by atoms with E-state index in [2.05, 4.69) is 46.1 Å². The number of carbonyl (C=O) groups excluding carboxylic acids is 1. The Hall–Kier alpha value is -2.70. The second-order valence-electron chi connectivity index (χ2n) is 6.77. The Bertz CT molecular complexity index is 957. The van der Waals surface area contributed by atoms with Crippen LogP contribution in [-0.2, 0) is 15.9 Å². The molecule has 0 aliphatic rings. The van der Waals surface area contributed by atoms with Gasteiger partial charge in [-0.3, -0.25) is 9.36 Å². The normalized spacial score (nSPS) is 11.3. The Kier molecular flexibility index (Phi) is 7.01. The molecule has 3 aromatic rings. The summed E-state index contributed by atoms with van der Waals surface area (Å²) in [5.41, 5.74) is 4.70. The summed E-state index contributed by atoms with van der Waals surface area (Å²) in [5, 5.41) is 2.88. The van der Waals surface area contributed by atoms with Gasteiger partial charge < -0.3 is 14.8 Å². The molecule has 0 saturated carbocycles. The molecule has 6 heteroatoms. The molecule has 0 unspecified atom stereocenters. The van der Waals surface area contributed by atoms with Gasteiger partial charge in [-0.15, -0.1) is 0 Å². The zero-order chi connectivity index (χ0) is 20.8. The lowest BCUT2D eigenvalue weighted by Crippen LogP contribution is -2.35. The van der Waals surface area contributed by atoms with E-state index in [1.165, 1.54) is 5.56 Å². The Morgan fingerprint density at radius 2 is 1.76 bits per heavy atom. The highest BCUT2D eigenvalue weighted by molar-refractivity contribution is 5.97. The molecule has 1 amide bonds. The maximum absolute atomic E-state index is 12.6. The van der Waals surface area contributed by atoms with Crippen molar-refractivity contribution in [2.75, 3.05) is 19.8 Å². The number of nitrogens with zero attached hydrogens (tertiary/aromatic N) is 2. The van der Waals surface area contributed by atoms with E-state index in [9.17, 15) is 4.79 Å². The summed E-state index contributed by atoms with van der Waals surface area (Å²) in [4.78, 5) is 17.2. The number of amides is 1. The van der Waals surface area contributed by atoms with Crippen molar-refractivity contribution in [1.82, 2.24) is 14.9 Å². The zero-order valence-electron chi connectivity index (χ0n) is 17.6. The number of aromatic nitrogens is 2. The summed E-state index contributed by atoms with van der Waals surface area (Å²) in [5.74, 6) is 0.713. The minimum absolute atomic E-state index is 0.171. The smallest absolute Gasteiger partial charge is 0.251 e. The van der Waals surface area contributed by atoms with Crippen LogP contribution in [-0.4, -0.2) is 41.5 Å². The van der Waals surface area contributed by atoms with Gasteiger partial charge in [0.05, 0.1) is 17.6 Å². The molecule has 0 radical (unpaired) electrons. The van der Waals surface area contributed by atoms with Crippen LogP contribution in [0.25, 0.3) is 16.7 Å². The molecule has 0 aliphatic heterocycles. The topological polar surface area (TPSA) is 65.4 Å². The lowest BCUT2D eigenvalue weighted by molar-refractivity contribution is -0.131. The van der Waals surface area contributed by atoms with Crippen molar-refractivity contribution >= 4 is 16.9 Å². The number of fused-ring (bicyclic) bond motifs is 1. The third-order valence-corrected chi connectivity index (χ3v) is 4.82. The highest BCUT2D eigenvalue weighted by Gasteiger charge is 2.15. The molecule has 1 aromatic heterocycles. The van der Waals surface area contributed by atoms with Gasteiger partial charge in [0.15, 0.2) is 6.29 Å². The highest BCUT2D eigenvalue weighted by Crippen LogP contribution is 2.23. The third-order valence-electron chi connectivity index (χ3n) is 4.82. The van der Waals surface area contributed by atoms with Gasteiger partial charge in [0.1, 0.15) is 5.82 Å². The molecule has 154 valence electrons. The number of rotatable bonds is 9. The number of benzene rings is 2. The Labute approximate surface area is 171 Å². The third kappa shape index (κ3) is 4.83. The fourth-order valence-corrected chi connectivity index (χ4v) is 3.36. The van der Waals surface area contributed by atoms with Gasteiger partial charge in [-0.25, -0.2) is 4.98 Å². The standard InChI is InChI=1S/C23H29N3O3/c1-5-17-8-11-19(12-9-17)26-16(4)25-20-14-18(10-13-21(20)26)23(27)24-15-22(28-6-2)29-7-3/h8-14,22H,5-7,15H2,1-4H3,(H,24,27). The van der Waals surface area contributed by atoms with Crippen molar-refractivity contribution in [2.45, 2.75) is 40.4 Å². The highest BCUT2D eigenvalue weighted by atomic mass is 16.7. The predicted octanol–water partition coefficient (Wildman–Crippen LogP) is 4.03. The van der Waals surface area contributed by atoms with E-state index in [1.54, 1.807) is 0 Å². The Morgan fingerprint density at radius 1 is 1.07 bits per heavy atom. The van der Waals surface area contributed by atoms with Gasteiger partial charge in [-0.1, -0.05) is 19.1 Å². The molecule has 0 aliphatic carbocycles. The first-order chi connectivity index (χ1) is 14.1. The van der Waals surface area contributed by atoms with Crippen LogP contribution in [0, 0.1) is 6.92 Å². The van der Waals surface area contributed by atoms with Crippen LogP contribution in [0.2, 0.25) is 0 Å². The first-order valence-electron chi connectivity index (χ1n) is 10.2. The van der Waals surface area contributed by atoms with Gasteiger partial charge in [0.2, 0.25) is 0 Å². The van der Waals surface area contributed by atoms with E-state index >= 15 is 0 Å². The minimum atomic E-state index is -0.440. The van der Waals surface area contributed by atoms with E-state index in [-0.39, 0.29) is 5.91 Å². The lowest BCUT2D eigenvalue weighted by atomic mass is 10.1. The van der Waals surface area contributed by atoms with Crippen molar-refractivity contribution in [1.29, 1.82) is 0 Å². The van der Waals surface area contributed by atoms with Crippen LogP contribution < -0.4 is 5.32 Å². The molecule has 0 saturated heterocycles. The van der Waals surface area contributed by atoms with E-state index < -0.39 is 6.29 Å². The minimum Gasteiger partial charge on any atom is -0.351 e. The van der Waals surface area contributed by atoms with Gasteiger partial charge in [-0.05, 0) is 63.1 Å². The molecule has 0 fully saturated rings. The van der Waals surface area contributed by atoms with Gasteiger partial charge in [-0.2, -0.15) is 0 Å². The van der Waals surface area contributed by atoms with Crippen molar-refractivity contribution in [2.24, 2.45) is 0 Å². The molecular formula is C23H29N3O3. The molecule has 6 nitrogen and oxygen atoms in total. The summed E-state index contributed by atoms with van der Waals surface area (Å²) >= 11 is 0. The summed E-state index contributed by atoms with van der Waals surface area (Å²) in [6, 6.07) is 14.1. The van der Waals surface area contributed by atoms with Gasteiger partial charge in [0, 0.05) is 24.5 Å². The maximum atomic E-state index is 12.6. The second-order valence-corrected chi connectivity index (χ2v) is 6.77. The second kappa shape index (κ2) is 9.67. The monoisotopic (exact) mass is 395 g/mol. The van der Waals surface area contributed by atoms with Crippen LogP contribution in [0.5, 0.6) is 0 Å². The summed E-state index contributed by atoms with van der Waals surface area (Å²) in [6.45, 7) is 9.28. The Morgan fingerprint density at radius 3 is 2.38 bits per heavy atom. The molecule has 0 spiro atoms. The first-order valence-corrected chi connectivity index (χ1v) is 10.2. The van der Waals surface area contributed by atoms with Crippen molar-refractivity contribution in [3.63, 3.8) is 0 Å². The largest absolute Gasteiger partial charge is 0.351 e. The van der Waals surface area contributed by atoms with E-state index in [0.717, 1.165) is 29.0 Å². The number of carbonyl (C=O) groups is 1. The molecule has 1 N–H and O–H groups in total. The van der Waals surface area contributed by atoms with E-state index in [0.29, 0.717) is 25.3 Å². The average molecular weight is 396 g/mol. The molecule has 3 rings (SSSR count). The fraction of sp³-hybridized carbons (Fsp3) is 0.391. The van der Waals surface area contributed by atoms with Crippen LogP contribution in [0.4, 0.5) is 0 Å². The molecule has 29 heavy (non-hydrogen) atoms. The van der Waals surface area contributed by atoms with E-state index in [4.69, 9.17) is 9.47 Å². The molecular weight excluding hydrogens is 366 g/mol. The summed E-state index contributed by atoms with van der Waals surface area (Å²) in [7, 11) is 0. The number of aryl methyl sites for hydroxylation is 2. The zero-order valence-corrected chi connectivity index (χ0v) is 17.6. The fourth-order valence-electron chi connectivity index (χ4n) is 3.36.